The number of halogens is 3. The molecule has 2 aromatic heterocycles. The van der Waals surface area contributed by atoms with E-state index in [2.05, 4.69) is 10.1 Å². The van der Waals surface area contributed by atoms with Gasteiger partial charge in [0.15, 0.2) is 0 Å². The number of aryl methyl sites for hydroxylation is 2. The fourth-order valence-electron chi connectivity index (χ4n) is 2.74. The molecule has 24 heavy (non-hydrogen) atoms. The first-order valence-corrected chi connectivity index (χ1v) is 7.41. The van der Waals surface area contributed by atoms with Crippen LogP contribution < -0.4 is 4.90 Å². The molecule has 0 aliphatic rings. The summed E-state index contributed by atoms with van der Waals surface area (Å²) in [6.07, 6.45) is -3.16. The Labute approximate surface area is 138 Å². The van der Waals surface area contributed by atoms with Crippen molar-refractivity contribution < 1.29 is 18.0 Å². The number of rotatable bonds is 4. The second-order valence-corrected chi connectivity index (χ2v) is 5.66. The molecule has 0 aromatic carbocycles. The van der Waals surface area contributed by atoms with E-state index in [0.717, 1.165) is 5.69 Å². The van der Waals surface area contributed by atoms with E-state index < -0.39 is 24.5 Å². The van der Waals surface area contributed by atoms with Gasteiger partial charge in [0, 0.05) is 24.5 Å². The normalized spacial score (nSPS) is 13.0. The fraction of sp³-hybridized carbons (Fsp3) is 0.438. The van der Waals surface area contributed by atoms with Crippen molar-refractivity contribution in [2.45, 2.75) is 32.9 Å². The molecule has 0 fully saturated rings. The molecule has 0 bridgehead atoms. The Bertz CT molecular complexity index is 725. The van der Waals surface area contributed by atoms with Gasteiger partial charge in [-0.25, -0.2) is 4.98 Å². The number of pyridine rings is 1. The average Bonchev–Trinajstić information content (AvgIpc) is 2.76. The summed E-state index contributed by atoms with van der Waals surface area (Å²) in [5, 5.41) is 4.23. The van der Waals surface area contributed by atoms with Gasteiger partial charge in [0.05, 0.1) is 11.6 Å². The third-order valence-corrected chi connectivity index (χ3v) is 3.90. The van der Waals surface area contributed by atoms with Crippen molar-refractivity contribution in [2.24, 2.45) is 7.05 Å². The lowest BCUT2D eigenvalue weighted by Gasteiger charge is -2.26. The summed E-state index contributed by atoms with van der Waals surface area (Å²) in [4.78, 5) is 17.4. The van der Waals surface area contributed by atoms with E-state index in [1.54, 1.807) is 44.6 Å². The van der Waals surface area contributed by atoms with Crippen LogP contribution in [0.15, 0.2) is 24.4 Å². The van der Waals surface area contributed by atoms with Crippen molar-refractivity contribution in [1.82, 2.24) is 14.8 Å². The van der Waals surface area contributed by atoms with Crippen molar-refractivity contribution >= 4 is 11.7 Å². The summed E-state index contributed by atoms with van der Waals surface area (Å²) in [6, 6.07) is 4.52. The summed E-state index contributed by atoms with van der Waals surface area (Å²) in [6.45, 7) is 3.73. The van der Waals surface area contributed by atoms with Gasteiger partial charge in [0.1, 0.15) is 12.4 Å². The minimum atomic E-state index is -4.52. The lowest BCUT2D eigenvalue weighted by atomic mass is 9.97. The Kier molecular flexibility index (Phi) is 4.96. The molecule has 0 aliphatic carbocycles. The largest absolute Gasteiger partial charge is 0.406 e. The third kappa shape index (κ3) is 3.74. The maximum Gasteiger partial charge on any atom is 0.406 e. The molecule has 0 saturated carbocycles. The van der Waals surface area contributed by atoms with Gasteiger partial charge in [-0.3, -0.25) is 14.4 Å². The number of alkyl halides is 3. The van der Waals surface area contributed by atoms with Crippen LogP contribution in [0, 0.1) is 13.8 Å². The average molecular weight is 340 g/mol. The third-order valence-electron chi connectivity index (χ3n) is 3.90. The first-order chi connectivity index (χ1) is 11.1. The predicted molar refractivity (Wildman–Crippen MR) is 83.7 cm³/mol. The predicted octanol–water partition coefficient (Wildman–Crippen LogP) is 3.13. The van der Waals surface area contributed by atoms with Gasteiger partial charge in [-0.2, -0.15) is 18.3 Å². The van der Waals surface area contributed by atoms with Crippen LogP contribution in [0.3, 0.4) is 0 Å². The molecular weight excluding hydrogens is 321 g/mol. The van der Waals surface area contributed by atoms with E-state index in [4.69, 9.17) is 0 Å². The smallest absolute Gasteiger partial charge is 0.287 e. The number of carbonyl (C=O) groups is 1. The fourth-order valence-corrected chi connectivity index (χ4v) is 2.74. The number of hydrogen-bond donors (Lipinski definition) is 0. The zero-order valence-corrected chi connectivity index (χ0v) is 13.9. The Morgan fingerprint density at radius 2 is 2.00 bits per heavy atom. The first kappa shape index (κ1) is 18.0. The molecule has 0 aliphatic heterocycles. The Balaban J connectivity index is 2.40. The van der Waals surface area contributed by atoms with Gasteiger partial charge in [0.2, 0.25) is 5.91 Å². The molecule has 2 rings (SSSR count). The molecule has 0 N–H and O–H groups in total. The molecule has 2 aromatic rings. The molecule has 0 saturated heterocycles. The van der Waals surface area contributed by atoms with E-state index in [9.17, 15) is 18.0 Å². The highest BCUT2D eigenvalue weighted by Crippen LogP contribution is 2.28. The molecule has 8 heteroatoms. The number of hydrogen-bond acceptors (Lipinski definition) is 3. The quantitative estimate of drug-likeness (QED) is 0.859. The van der Waals surface area contributed by atoms with Crippen LogP contribution in [0.4, 0.5) is 19.0 Å². The van der Waals surface area contributed by atoms with Crippen molar-refractivity contribution in [3.63, 3.8) is 0 Å². The van der Waals surface area contributed by atoms with Gasteiger partial charge in [-0.15, -0.1) is 0 Å². The highest BCUT2D eigenvalue weighted by atomic mass is 19.4. The van der Waals surface area contributed by atoms with Crippen molar-refractivity contribution in [2.75, 3.05) is 11.4 Å². The second-order valence-electron chi connectivity index (χ2n) is 5.66. The molecule has 130 valence electrons. The topological polar surface area (TPSA) is 51.0 Å². The number of aromatic nitrogens is 3. The SMILES string of the molecule is Cc1nn(C)c(C)c1[C@@H](C)C(=O)N(CC(F)(F)F)c1ccccn1. The van der Waals surface area contributed by atoms with Gasteiger partial charge in [-0.1, -0.05) is 6.07 Å². The highest BCUT2D eigenvalue weighted by molar-refractivity contribution is 5.97. The molecule has 5 nitrogen and oxygen atoms in total. The Morgan fingerprint density at radius 3 is 2.46 bits per heavy atom. The maximum absolute atomic E-state index is 12.9. The molecule has 1 amide bonds. The summed E-state index contributed by atoms with van der Waals surface area (Å²) in [7, 11) is 1.73. The van der Waals surface area contributed by atoms with Crippen LogP contribution in [0.2, 0.25) is 0 Å². The minimum absolute atomic E-state index is 0.0223. The molecule has 2 heterocycles. The van der Waals surface area contributed by atoms with Gasteiger partial charge in [0.25, 0.3) is 0 Å². The molecule has 0 spiro atoms. The van der Waals surface area contributed by atoms with E-state index >= 15 is 0 Å². The Morgan fingerprint density at radius 1 is 1.33 bits per heavy atom. The van der Waals surface area contributed by atoms with Gasteiger partial charge >= 0.3 is 6.18 Å². The van der Waals surface area contributed by atoms with Crippen LogP contribution >= 0.6 is 0 Å². The second kappa shape index (κ2) is 6.62. The van der Waals surface area contributed by atoms with E-state index in [1.807, 2.05) is 0 Å². The summed E-state index contributed by atoms with van der Waals surface area (Å²) in [5.41, 5.74) is 2.02. The van der Waals surface area contributed by atoms with Crippen molar-refractivity contribution in [3.05, 3.63) is 41.3 Å². The number of amides is 1. The number of carbonyl (C=O) groups excluding carboxylic acids is 1. The number of anilines is 1. The summed E-state index contributed by atoms with van der Waals surface area (Å²) < 4.78 is 40.4. The standard InChI is InChI=1S/C16H19F3N4O/c1-10(14-11(2)21-22(4)12(14)3)15(24)23(9-16(17,18)19)13-7-5-6-8-20-13/h5-8,10H,9H2,1-4H3/t10-/m1/s1. The molecule has 1 atom stereocenters. The van der Waals surface area contributed by atoms with Crippen LogP contribution in [0.25, 0.3) is 0 Å². The van der Waals surface area contributed by atoms with Crippen molar-refractivity contribution in [1.29, 1.82) is 0 Å². The Hall–Kier alpha value is -2.38. The van der Waals surface area contributed by atoms with Crippen LogP contribution in [-0.4, -0.2) is 33.4 Å². The van der Waals surface area contributed by atoms with E-state index in [1.165, 1.54) is 12.3 Å². The zero-order chi connectivity index (χ0) is 18.1. The lowest BCUT2D eigenvalue weighted by molar-refractivity contribution is -0.133. The lowest BCUT2D eigenvalue weighted by Crippen LogP contribution is -2.41. The number of nitrogens with zero attached hydrogens (tertiary/aromatic N) is 4. The molecular formula is C16H19F3N4O. The van der Waals surface area contributed by atoms with Crippen LogP contribution in [-0.2, 0) is 11.8 Å². The summed E-state index contributed by atoms with van der Waals surface area (Å²) in [5.74, 6) is -1.45. The summed E-state index contributed by atoms with van der Waals surface area (Å²) >= 11 is 0. The van der Waals surface area contributed by atoms with Crippen LogP contribution in [0.5, 0.6) is 0 Å². The van der Waals surface area contributed by atoms with Crippen LogP contribution in [0.1, 0.15) is 29.8 Å². The van der Waals surface area contributed by atoms with Gasteiger partial charge in [-0.05, 0) is 32.9 Å². The zero-order valence-electron chi connectivity index (χ0n) is 13.9. The van der Waals surface area contributed by atoms with E-state index in [0.29, 0.717) is 16.2 Å². The first-order valence-electron chi connectivity index (χ1n) is 7.41. The molecule has 0 radical (unpaired) electrons. The van der Waals surface area contributed by atoms with Gasteiger partial charge < -0.3 is 0 Å². The highest BCUT2D eigenvalue weighted by Gasteiger charge is 2.37. The monoisotopic (exact) mass is 340 g/mol. The minimum Gasteiger partial charge on any atom is -0.287 e. The van der Waals surface area contributed by atoms with Crippen molar-refractivity contribution in [3.8, 4) is 0 Å². The van der Waals surface area contributed by atoms with E-state index in [-0.39, 0.29) is 5.82 Å². The molecule has 0 unspecified atom stereocenters. The maximum atomic E-state index is 12.9.